The first-order chi connectivity index (χ1) is 6.15. The minimum absolute atomic E-state index is 0.540. The van der Waals surface area contributed by atoms with Crippen LogP contribution in [-0.4, -0.2) is 5.75 Å². The van der Waals surface area contributed by atoms with E-state index in [2.05, 4.69) is 12.6 Å². The molecule has 0 unspecified atom stereocenters. The third-order valence-electron chi connectivity index (χ3n) is 1.43. The third-order valence-corrected chi connectivity index (χ3v) is 2.49. The Morgan fingerprint density at radius 3 is 2.15 bits per heavy atom. The van der Waals surface area contributed by atoms with Gasteiger partial charge in [-0.1, -0.05) is 47.0 Å². The lowest BCUT2D eigenvalue weighted by Crippen LogP contribution is -1.78. The lowest BCUT2D eigenvalue weighted by atomic mass is 10.2. The van der Waals surface area contributed by atoms with Crippen molar-refractivity contribution in [3.8, 4) is 0 Å². The minimum Gasteiger partial charge on any atom is -0.175 e. The SMILES string of the molecule is SCC=Cc1c(Cl)cc(Cl)cc1Cl. The molecule has 0 bridgehead atoms. The van der Waals surface area contributed by atoms with E-state index in [0.717, 1.165) is 5.56 Å². The Hall–Kier alpha value is 0.180. The van der Waals surface area contributed by atoms with E-state index >= 15 is 0 Å². The van der Waals surface area contributed by atoms with E-state index in [0.29, 0.717) is 20.8 Å². The predicted octanol–water partition coefficient (Wildman–Crippen LogP) is 4.59. The van der Waals surface area contributed by atoms with E-state index < -0.39 is 0 Å². The average Bonchev–Trinajstić information content (AvgIpc) is 2.02. The highest BCUT2D eigenvalue weighted by Gasteiger charge is 2.03. The van der Waals surface area contributed by atoms with Crippen LogP contribution >= 0.6 is 47.4 Å². The van der Waals surface area contributed by atoms with Gasteiger partial charge in [0.15, 0.2) is 0 Å². The molecule has 0 aliphatic carbocycles. The van der Waals surface area contributed by atoms with Crippen molar-refractivity contribution >= 4 is 53.5 Å². The van der Waals surface area contributed by atoms with E-state index in [1.807, 2.05) is 12.2 Å². The van der Waals surface area contributed by atoms with Gasteiger partial charge in [-0.3, -0.25) is 0 Å². The molecule has 13 heavy (non-hydrogen) atoms. The highest BCUT2D eigenvalue weighted by molar-refractivity contribution is 7.80. The Labute approximate surface area is 97.9 Å². The number of hydrogen-bond acceptors (Lipinski definition) is 1. The van der Waals surface area contributed by atoms with Gasteiger partial charge in [-0.15, -0.1) is 0 Å². The molecule has 1 rings (SSSR count). The van der Waals surface area contributed by atoms with Gasteiger partial charge in [-0.05, 0) is 12.1 Å². The molecule has 0 amide bonds. The van der Waals surface area contributed by atoms with Gasteiger partial charge in [0.05, 0.1) is 10.0 Å². The normalized spacial score (nSPS) is 11.1. The molecule has 1 aromatic rings. The number of benzene rings is 1. The van der Waals surface area contributed by atoms with Crippen LogP contribution in [0.4, 0.5) is 0 Å². The first kappa shape index (κ1) is 11.3. The molecule has 0 aromatic heterocycles. The maximum Gasteiger partial charge on any atom is 0.0508 e. The van der Waals surface area contributed by atoms with Crippen molar-refractivity contribution in [2.75, 3.05) is 5.75 Å². The molecule has 0 saturated carbocycles. The van der Waals surface area contributed by atoms with Gasteiger partial charge in [0.2, 0.25) is 0 Å². The molecule has 0 aliphatic heterocycles. The molecule has 0 fully saturated rings. The minimum atomic E-state index is 0.540. The second-order valence-corrected chi connectivity index (χ2v) is 3.98. The monoisotopic (exact) mass is 252 g/mol. The van der Waals surface area contributed by atoms with Crippen LogP contribution in [0.25, 0.3) is 6.08 Å². The first-order valence-corrected chi connectivity index (χ1v) is 5.33. The molecular formula is C9H7Cl3S. The summed E-state index contributed by atoms with van der Waals surface area (Å²) < 4.78 is 0. The van der Waals surface area contributed by atoms with Crippen molar-refractivity contribution in [1.82, 2.24) is 0 Å². The molecule has 0 nitrogen and oxygen atoms in total. The fourth-order valence-electron chi connectivity index (χ4n) is 0.883. The highest BCUT2D eigenvalue weighted by atomic mass is 35.5. The smallest absolute Gasteiger partial charge is 0.0508 e. The summed E-state index contributed by atoms with van der Waals surface area (Å²) in [5, 5.41) is 1.64. The Bertz CT molecular complexity index is 311. The fraction of sp³-hybridized carbons (Fsp3) is 0.111. The van der Waals surface area contributed by atoms with E-state index in [1.54, 1.807) is 12.1 Å². The standard InChI is InChI=1S/C9H7Cl3S/c10-6-4-8(11)7(2-1-3-13)9(12)5-6/h1-2,4-5,13H,3H2. The zero-order valence-electron chi connectivity index (χ0n) is 6.60. The van der Waals surface area contributed by atoms with Crippen LogP contribution in [0.5, 0.6) is 0 Å². The van der Waals surface area contributed by atoms with E-state index in [1.165, 1.54) is 0 Å². The Balaban J connectivity index is 3.13. The van der Waals surface area contributed by atoms with Gasteiger partial charge in [0, 0.05) is 16.3 Å². The molecule has 0 aliphatic rings. The predicted molar refractivity (Wildman–Crippen MR) is 64.4 cm³/mol. The van der Waals surface area contributed by atoms with Gasteiger partial charge >= 0.3 is 0 Å². The van der Waals surface area contributed by atoms with Crippen molar-refractivity contribution in [1.29, 1.82) is 0 Å². The summed E-state index contributed by atoms with van der Waals surface area (Å²) in [5.74, 6) is 0.648. The average molecular weight is 254 g/mol. The maximum absolute atomic E-state index is 5.93. The first-order valence-electron chi connectivity index (χ1n) is 3.57. The third kappa shape index (κ3) is 3.10. The van der Waals surface area contributed by atoms with Crippen LogP contribution in [0.15, 0.2) is 18.2 Å². The summed E-state index contributed by atoms with van der Waals surface area (Å²) in [6, 6.07) is 3.32. The van der Waals surface area contributed by atoms with Crippen LogP contribution in [0, 0.1) is 0 Å². The second-order valence-electron chi connectivity index (χ2n) is 2.37. The summed E-state index contributed by atoms with van der Waals surface area (Å²) in [4.78, 5) is 0. The van der Waals surface area contributed by atoms with Crippen molar-refractivity contribution in [3.05, 3.63) is 38.8 Å². The van der Waals surface area contributed by atoms with Gasteiger partial charge in [0.25, 0.3) is 0 Å². The molecule has 0 N–H and O–H groups in total. The molecule has 0 heterocycles. The lowest BCUT2D eigenvalue weighted by Gasteiger charge is -2.02. The van der Waals surface area contributed by atoms with E-state index in [-0.39, 0.29) is 0 Å². The molecule has 70 valence electrons. The lowest BCUT2D eigenvalue weighted by molar-refractivity contribution is 1.64. The highest BCUT2D eigenvalue weighted by Crippen LogP contribution is 2.29. The number of halogens is 3. The zero-order valence-corrected chi connectivity index (χ0v) is 9.76. The largest absolute Gasteiger partial charge is 0.175 e. The number of hydrogen-bond donors (Lipinski definition) is 1. The van der Waals surface area contributed by atoms with Crippen LogP contribution in [-0.2, 0) is 0 Å². The summed E-state index contributed by atoms with van der Waals surface area (Å²) in [6.45, 7) is 0. The molecule has 1 aromatic carbocycles. The molecule has 0 saturated heterocycles. The number of rotatable bonds is 2. The Morgan fingerprint density at radius 2 is 1.69 bits per heavy atom. The summed E-state index contributed by atoms with van der Waals surface area (Å²) in [7, 11) is 0. The van der Waals surface area contributed by atoms with E-state index in [4.69, 9.17) is 34.8 Å². The van der Waals surface area contributed by atoms with Gasteiger partial charge in [-0.25, -0.2) is 0 Å². The molecule has 0 atom stereocenters. The van der Waals surface area contributed by atoms with Crippen molar-refractivity contribution < 1.29 is 0 Å². The summed E-state index contributed by atoms with van der Waals surface area (Å²) in [5.41, 5.74) is 0.779. The van der Waals surface area contributed by atoms with Gasteiger partial charge in [-0.2, -0.15) is 12.6 Å². The van der Waals surface area contributed by atoms with Crippen molar-refractivity contribution in [2.45, 2.75) is 0 Å². The Morgan fingerprint density at radius 1 is 1.15 bits per heavy atom. The summed E-state index contributed by atoms with van der Waals surface area (Å²) in [6.07, 6.45) is 3.69. The Kier molecular flexibility index (Phi) is 4.47. The molecule has 0 spiro atoms. The second kappa shape index (κ2) is 5.16. The topological polar surface area (TPSA) is 0 Å². The van der Waals surface area contributed by atoms with Crippen LogP contribution in [0.3, 0.4) is 0 Å². The van der Waals surface area contributed by atoms with Crippen LogP contribution in [0.1, 0.15) is 5.56 Å². The molecular weight excluding hydrogens is 247 g/mol. The molecule has 4 heteroatoms. The van der Waals surface area contributed by atoms with Gasteiger partial charge in [0.1, 0.15) is 0 Å². The number of thiol groups is 1. The molecule has 0 radical (unpaired) electrons. The zero-order chi connectivity index (χ0) is 9.84. The quantitative estimate of drug-likeness (QED) is 0.732. The maximum atomic E-state index is 5.93. The van der Waals surface area contributed by atoms with Gasteiger partial charge < -0.3 is 0 Å². The summed E-state index contributed by atoms with van der Waals surface area (Å²) >= 11 is 21.6. The van der Waals surface area contributed by atoms with Crippen LogP contribution < -0.4 is 0 Å². The van der Waals surface area contributed by atoms with E-state index in [9.17, 15) is 0 Å². The van der Waals surface area contributed by atoms with Crippen LogP contribution in [0.2, 0.25) is 15.1 Å². The van der Waals surface area contributed by atoms with Crippen molar-refractivity contribution in [3.63, 3.8) is 0 Å². The fourth-order valence-corrected chi connectivity index (χ4v) is 1.93. The van der Waals surface area contributed by atoms with Crippen molar-refractivity contribution in [2.24, 2.45) is 0 Å².